The van der Waals surface area contributed by atoms with Crippen molar-refractivity contribution in [3.8, 4) is 0 Å². The number of primary amides is 1. The first kappa shape index (κ1) is 21.5. The van der Waals surface area contributed by atoms with Crippen molar-refractivity contribution >= 4 is 39.2 Å². The van der Waals surface area contributed by atoms with E-state index in [1.54, 1.807) is 4.57 Å². The maximum Gasteiger partial charge on any atom is 0.263 e. The number of fused-ring (bicyclic) bond motifs is 1. The van der Waals surface area contributed by atoms with Crippen LogP contribution in [0.3, 0.4) is 0 Å². The van der Waals surface area contributed by atoms with E-state index in [-0.39, 0.29) is 5.56 Å². The molecule has 0 saturated heterocycles. The molecule has 0 saturated carbocycles. The Morgan fingerprint density at radius 3 is 2.69 bits per heavy atom. The summed E-state index contributed by atoms with van der Waals surface area (Å²) in [6, 6.07) is 9.33. The fraction of sp³-hybridized carbons (Fsp3) is 0.381. The average Bonchev–Trinajstić information content (AvgIpc) is 2.99. The Morgan fingerprint density at radius 1 is 1.31 bits per heavy atom. The van der Waals surface area contributed by atoms with Gasteiger partial charge in [0.05, 0.1) is 5.39 Å². The van der Waals surface area contributed by atoms with Crippen LogP contribution in [-0.4, -0.2) is 28.7 Å². The number of amides is 1. The molecule has 0 fully saturated rings. The van der Waals surface area contributed by atoms with E-state index in [1.165, 1.54) is 23.1 Å². The molecule has 1 atom stereocenters. The summed E-state index contributed by atoms with van der Waals surface area (Å²) in [6.45, 7) is 7.54. The number of rotatable bonds is 9. The Bertz CT molecular complexity index is 1060. The lowest BCUT2D eigenvalue weighted by Gasteiger charge is -2.17. The average molecular weight is 432 g/mol. The Kier molecular flexibility index (Phi) is 7.10. The fourth-order valence-electron chi connectivity index (χ4n) is 3.09. The van der Waals surface area contributed by atoms with Gasteiger partial charge in [0.2, 0.25) is 5.91 Å². The van der Waals surface area contributed by atoms with E-state index in [1.807, 2.05) is 51.1 Å². The van der Waals surface area contributed by atoms with E-state index in [9.17, 15) is 9.59 Å². The first-order valence-corrected chi connectivity index (χ1v) is 11.2. The maximum absolute atomic E-state index is 13.3. The van der Waals surface area contributed by atoms with Crippen LogP contribution < -0.4 is 11.3 Å². The van der Waals surface area contributed by atoms with Gasteiger partial charge in [0.15, 0.2) is 5.16 Å². The van der Waals surface area contributed by atoms with Crippen molar-refractivity contribution in [1.82, 2.24) is 9.55 Å². The number of thiophene rings is 1. The molecule has 1 aromatic carbocycles. The second-order valence-corrected chi connectivity index (χ2v) is 8.95. The molecule has 2 heterocycles. The molecule has 0 spiro atoms. The zero-order valence-corrected chi connectivity index (χ0v) is 18.4. The first-order valence-electron chi connectivity index (χ1n) is 9.53. The summed E-state index contributed by atoms with van der Waals surface area (Å²) in [7, 11) is 0. The minimum Gasteiger partial charge on any atom is -0.382 e. The number of aryl methyl sites for hydroxylation is 2. The van der Waals surface area contributed by atoms with E-state index in [2.05, 4.69) is 0 Å². The molecule has 6 nitrogen and oxygen atoms in total. The lowest BCUT2D eigenvalue weighted by atomic mass is 10.1. The van der Waals surface area contributed by atoms with Crippen LogP contribution in [0.25, 0.3) is 10.2 Å². The molecule has 0 bridgehead atoms. The Hall–Kier alpha value is -2.16. The zero-order chi connectivity index (χ0) is 21.0. The summed E-state index contributed by atoms with van der Waals surface area (Å²) in [5, 5.41) is 0.539. The van der Waals surface area contributed by atoms with Crippen LogP contribution in [-0.2, 0) is 16.1 Å². The molecule has 0 radical (unpaired) electrons. The molecule has 3 aromatic rings. The number of carbonyl (C=O) groups excluding carboxylic acids is 1. The van der Waals surface area contributed by atoms with Crippen molar-refractivity contribution in [2.45, 2.75) is 44.1 Å². The molecule has 0 aliphatic heterocycles. The summed E-state index contributed by atoms with van der Waals surface area (Å²) in [4.78, 5) is 32.0. The van der Waals surface area contributed by atoms with E-state index in [0.717, 1.165) is 16.0 Å². The summed E-state index contributed by atoms with van der Waals surface area (Å²) >= 11 is 2.73. The predicted molar refractivity (Wildman–Crippen MR) is 119 cm³/mol. The van der Waals surface area contributed by atoms with Crippen molar-refractivity contribution in [3.63, 3.8) is 0 Å². The summed E-state index contributed by atoms with van der Waals surface area (Å²) in [5.74, 6) is -0.463. The highest BCUT2D eigenvalue weighted by atomic mass is 32.2. The van der Waals surface area contributed by atoms with Gasteiger partial charge in [-0.25, -0.2) is 4.98 Å². The van der Waals surface area contributed by atoms with E-state index in [4.69, 9.17) is 15.5 Å². The topological polar surface area (TPSA) is 87.2 Å². The van der Waals surface area contributed by atoms with Crippen molar-refractivity contribution in [1.29, 1.82) is 0 Å². The zero-order valence-electron chi connectivity index (χ0n) is 16.8. The van der Waals surface area contributed by atoms with Gasteiger partial charge in [0.1, 0.15) is 10.1 Å². The number of aromatic nitrogens is 2. The third-order valence-corrected chi connectivity index (χ3v) is 7.08. The number of nitrogens with two attached hydrogens (primary N) is 1. The first-order chi connectivity index (χ1) is 13.9. The Balaban J connectivity index is 2.06. The highest BCUT2D eigenvalue weighted by molar-refractivity contribution is 8.00. The summed E-state index contributed by atoms with van der Waals surface area (Å²) in [6.07, 6.45) is 0.684. The number of hydrogen-bond acceptors (Lipinski definition) is 6. The largest absolute Gasteiger partial charge is 0.382 e. The third-order valence-electron chi connectivity index (χ3n) is 4.71. The number of benzene rings is 1. The Morgan fingerprint density at radius 2 is 2.03 bits per heavy atom. The second kappa shape index (κ2) is 9.56. The van der Waals surface area contributed by atoms with Crippen LogP contribution >= 0.6 is 23.1 Å². The van der Waals surface area contributed by atoms with Gasteiger partial charge in [-0.3, -0.25) is 14.2 Å². The molecule has 29 heavy (non-hydrogen) atoms. The normalized spacial score (nSPS) is 12.4. The van der Waals surface area contributed by atoms with Gasteiger partial charge in [-0.15, -0.1) is 11.3 Å². The quantitative estimate of drug-likeness (QED) is 0.316. The molecule has 2 aromatic heterocycles. The molecule has 1 unspecified atom stereocenters. The van der Waals surface area contributed by atoms with Crippen molar-refractivity contribution in [3.05, 3.63) is 56.7 Å². The van der Waals surface area contributed by atoms with Gasteiger partial charge < -0.3 is 10.5 Å². The predicted octanol–water partition coefficient (Wildman–Crippen LogP) is 3.82. The number of hydrogen-bond donors (Lipinski definition) is 1. The SMILES string of the molecule is CCOCCCn1c(SC(C(N)=O)c2ccccc2)nc2sc(C)c(C)c2c1=O. The second-order valence-electron chi connectivity index (χ2n) is 6.68. The molecular weight excluding hydrogens is 406 g/mol. The van der Waals surface area contributed by atoms with Crippen LogP contribution in [0, 0.1) is 13.8 Å². The standard InChI is InChI=1S/C21H25N3O3S2/c1-4-27-12-8-11-24-20(26)16-13(2)14(3)28-19(16)23-21(24)29-17(18(22)25)15-9-6-5-7-10-15/h5-7,9-10,17H,4,8,11-12H2,1-3H3,(H2,22,25). The molecule has 154 valence electrons. The molecule has 8 heteroatoms. The van der Waals surface area contributed by atoms with Crippen molar-refractivity contribution in [2.24, 2.45) is 5.73 Å². The third kappa shape index (κ3) is 4.71. The van der Waals surface area contributed by atoms with Crippen molar-refractivity contribution in [2.75, 3.05) is 13.2 Å². The molecule has 1 amide bonds. The highest BCUT2D eigenvalue weighted by Gasteiger charge is 2.24. The molecule has 0 aliphatic carbocycles. The smallest absolute Gasteiger partial charge is 0.263 e. The van der Waals surface area contributed by atoms with Crippen LogP contribution in [0.2, 0.25) is 0 Å². The Labute approximate surface area is 178 Å². The minimum absolute atomic E-state index is 0.0767. The molecule has 2 N–H and O–H groups in total. The number of thioether (sulfide) groups is 1. The maximum atomic E-state index is 13.3. The number of nitrogens with zero attached hydrogens (tertiary/aromatic N) is 2. The monoisotopic (exact) mass is 431 g/mol. The van der Waals surface area contributed by atoms with Crippen LogP contribution in [0.4, 0.5) is 0 Å². The molecule has 3 rings (SSSR count). The van der Waals surface area contributed by atoms with Gasteiger partial charge in [0.25, 0.3) is 5.56 Å². The van der Waals surface area contributed by atoms with Gasteiger partial charge in [-0.1, -0.05) is 42.1 Å². The van der Waals surface area contributed by atoms with Crippen LogP contribution in [0.5, 0.6) is 0 Å². The number of ether oxygens (including phenoxy) is 1. The molecule has 0 aliphatic rings. The minimum atomic E-state index is -0.624. The van der Waals surface area contributed by atoms with Crippen LogP contribution in [0.15, 0.2) is 40.3 Å². The lowest BCUT2D eigenvalue weighted by Crippen LogP contribution is -2.26. The van der Waals surface area contributed by atoms with E-state index < -0.39 is 11.2 Å². The highest BCUT2D eigenvalue weighted by Crippen LogP contribution is 2.35. The summed E-state index contributed by atoms with van der Waals surface area (Å²) < 4.78 is 7.08. The van der Waals surface area contributed by atoms with E-state index in [0.29, 0.717) is 41.6 Å². The number of carbonyl (C=O) groups is 1. The molecular formula is C21H25N3O3S2. The van der Waals surface area contributed by atoms with Gasteiger partial charge in [0, 0.05) is 24.6 Å². The summed E-state index contributed by atoms with van der Waals surface area (Å²) in [5.41, 5.74) is 7.37. The van der Waals surface area contributed by atoms with Gasteiger partial charge in [-0.05, 0) is 38.3 Å². The van der Waals surface area contributed by atoms with Crippen molar-refractivity contribution < 1.29 is 9.53 Å². The van der Waals surface area contributed by atoms with Gasteiger partial charge in [-0.2, -0.15) is 0 Å². The van der Waals surface area contributed by atoms with E-state index >= 15 is 0 Å². The van der Waals surface area contributed by atoms with Gasteiger partial charge >= 0.3 is 0 Å². The van der Waals surface area contributed by atoms with Crippen LogP contribution in [0.1, 0.15) is 34.6 Å². The lowest BCUT2D eigenvalue weighted by molar-refractivity contribution is -0.117. The fourth-order valence-corrected chi connectivity index (χ4v) is 5.23.